The van der Waals surface area contributed by atoms with Crippen molar-refractivity contribution in [3.05, 3.63) is 63.6 Å². The predicted molar refractivity (Wildman–Crippen MR) is 89.9 cm³/mol. The average Bonchev–Trinajstić information content (AvgIpc) is 2.87. The van der Waals surface area contributed by atoms with Crippen molar-refractivity contribution in [1.82, 2.24) is 5.32 Å². The Morgan fingerprint density at radius 3 is 2.76 bits per heavy atom. The van der Waals surface area contributed by atoms with Gasteiger partial charge < -0.3 is 10.1 Å². The molecule has 2 aromatic carbocycles. The van der Waals surface area contributed by atoms with E-state index in [0.717, 1.165) is 23.2 Å². The van der Waals surface area contributed by atoms with Crippen LogP contribution in [0.3, 0.4) is 0 Å². The summed E-state index contributed by atoms with van der Waals surface area (Å²) in [7, 11) is 0. The van der Waals surface area contributed by atoms with Crippen molar-refractivity contribution in [2.45, 2.75) is 32.4 Å². The summed E-state index contributed by atoms with van der Waals surface area (Å²) in [5.41, 5.74) is 3.91. The summed E-state index contributed by atoms with van der Waals surface area (Å²) in [5, 5.41) is 3.57. The van der Waals surface area contributed by atoms with Crippen molar-refractivity contribution in [3.63, 3.8) is 0 Å². The molecule has 0 aromatic heterocycles. The molecule has 3 heteroatoms. The Balaban J connectivity index is 1.56. The smallest absolute Gasteiger partial charge is 0.123 e. The first-order valence-electron chi connectivity index (χ1n) is 7.37. The fraction of sp³-hybridized carbons (Fsp3) is 0.333. The van der Waals surface area contributed by atoms with E-state index in [0.29, 0.717) is 6.04 Å². The molecule has 0 saturated carbocycles. The molecule has 3 rings (SSSR count). The summed E-state index contributed by atoms with van der Waals surface area (Å²) >= 11 is 3.51. The van der Waals surface area contributed by atoms with Crippen LogP contribution in [0.15, 0.2) is 46.9 Å². The van der Waals surface area contributed by atoms with Crippen molar-refractivity contribution in [2.24, 2.45) is 0 Å². The zero-order valence-corrected chi connectivity index (χ0v) is 14.0. The van der Waals surface area contributed by atoms with Crippen molar-refractivity contribution >= 4 is 15.9 Å². The van der Waals surface area contributed by atoms with Crippen LogP contribution in [0.2, 0.25) is 0 Å². The molecule has 2 unspecified atom stereocenters. The quantitative estimate of drug-likeness (QED) is 0.885. The van der Waals surface area contributed by atoms with Gasteiger partial charge in [0.1, 0.15) is 11.9 Å². The topological polar surface area (TPSA) is 21.3 Å². The predicted octanol–water partition coefficient (Wildman–Crippen LogP) is 4.41. The van der Waals surface area contributed by atoms with Gasteiger partial charge in [0.15, 0.2) is 0 Å². The number of hydrogen-bond acceptors (Lipinski definition) is 2. The molecular weight excluding hydrogens is 326 g/mol. The lowest BCUT2D eigenvalue weighted by Crippen LogP contribution is -2.31. The average molecular weight is 346 g/mol. The lowest BCUT2D eigenvalue weighted by molar-refractivity contribution is 0.222. The van der Waals surface area contributed by atoms with E-state index in [-0.39, 0.29) is 6.10 Å². The summed E-state index contributed by atoms with van der Waals surface area (Å²) in [6, 6.07) is 15.3. The maximum atomic E-state index is 5.98. The van der Waals surface area contributed by atoms with E-state index >= 15 is 0 Å². The molecule has 2 aromatic rings. The molecule has 0 radical (unpaired) electrons. The van der Waals surface area contributed by atoms with Crippen molar-refractivity contribution in [2.75, 3.05) is 6.54 Å². The number of benzene rings is 2. The number of rotatable bonds is 4. The summed E-state index contributed by atoms with van der Waals surface area (Å²) in [5.74, 6) is 1.02. The molecule has 2 atom stereocenters. The van der Waals surface area contributed by atoms with Crippen LogP contribution in [0.1, 0.15) is 29.7 Å². The second-order valence-corrected chi connectivity index (χ2v) is 6.65. The molecular formula is C18H20BrNO. The Hall–Kier alpha value is -1.32. The fourth-order valence-corrected chi connectivity index (χ4v) is 3.09. The van der Waals surface area contributed by atoms with E-state index in [4.69, 9.17) is 4.74 Å². The molecule has 0 saturated heterocycles. The zero-order chi connectivity index (χ0) is 14.8. The lowest BCUT2D eigenvalue weighted by Gasteiger charge is -2.18. The Morgan fingerprint density at radius 1 is 1.24 bits per heavy atom. The Morgan fingerprint density at radius 2 is 2.00 bits per heavy atom. The highest BCUT2D eigenvalue weighted by atomic mass is 79.9. The number of ether oxygens (including phenoxy) is 1. The van der Waals surface area contributed by atoms with Crippen molar-refractivity contribution < 1.29 is 4.74 Å². The van der Waals surface area contributed by atoms with Crippen LogP contribution in [0.25, 0.3) is 0 Å². The van der Waals surface area contributed by atoms with Gasteiger partial charge in [0.2, 0.25) is 0 Å². The maximum Gasteiger partial charge on any atom is 0.123 e. The Kier molecular flexibility index (Phi) is 4.32. The highest BCUT2D eigenvalue weighted by molar-refractivity contribution is 9.10. The molecule has 21 heavy (non-hydrogen) atoms. The normalized spacial score (nSPS) is 18.1. The minimum atomic E-state index is 0.224. The van der Waals surface area contributed by atoms with Crippen LogP contribution in [0.5, 0.6) is 5.75 Å². The number of nitrogens with one attached hydrogen (secondary N) is 1. The molecule has 0 fully saturated rings. The van der Waals surface area contributed by atoms with Crippen LogP contribution in [0.4, 0.5) is 0 Å². The lowest BCUT2D eigenvalue weighted by atomic mass is 10.1. The van der Waals surface area contributed by atoms with E-state index in [1.165, 1.54) is 16.7 Å². The molecule has 0 bridgehead atoms. The fourth-order valence-electron chi connectivity index (χ4n) is 2.68. The van der Waals surface area contributed by atoms with Gasteiger partial charge in [-0.25, -0.2) is 0 Å². The molecule has 0 aliphatic carbocycles. The third kappa shape index (κ3) is 3.47. The summed E-state index contributed by atoms with van der Waals surface area (Å²) in [4.78, 5) is 0. The first kappa shape index (κ1) is 14.6. The minimum absolute atomic E-state index is 0.224. The molecule has 2 nitrogen and oxygen atoms in total. The first-order valence-corrected chi connectivity index (χ1v) is 8.16. The van der Waals surface area contributed by atoms with Crippen LogP contribution >= 0.6 is 15.9 Å². The van der Waals surface area contributed by atoms with Gasteiger partial charge in [-0.1, -0.05) is 45.8 Å². The molecule has 0 spiro atoms. The standard InChI is InChI=1S/C18H20BrNO/c1-12-3-5-14(6-4-12)13(2)20-11-17-10-15-9-16(19)7-8-18(15)21-17/h3-9,13,17,20H,10-11H2,1-2H3. The second kappa shape index (κ2) is 6.20. The summed E-state index contributed by atoms with van der Waals surface area (Å²) in [6.45, 7) is 5.17. The highest BCUT2D eigenvalue weighted by Gasteiger charge is 2.23. The third-order valence-corrected chi connectivity index (χ3v) is 4.49. The summed E-state index contributed by atoms with van der Waals surface area (Å²) < 4.78 is 7.10. The third-order valence-electron chi connectivity index (χ3n) is 3.99. The molecule has 1 aliphatic rings. The number of hydrogen-bond donors (Lipinski definition) is 1. The molecule has 1 aliphatic heterocycles. The minimum Gasteiger partial charge on any atom is -0.488 e. The van der Waals surface area contributed by atoms with Crippen molar-refractivity contribution in [3.8, 4) is 5.75 Å². The van der Waals surface area contributed by atoms with Gasteiger partial charge >= 0.3 is 0 Å². The number of aryl methyl sites for hydroxylation is 1. The molecule has 110 valence electrons. The van der Waals surface area contributed by atoms with Gasteiger partial charge in [0.25, 0.3) is 0 Å². The Labute approximate surface area is 134 Å². The van der Waals surface area contributed by atoms with E-state index < -0.39 is 0 Å². The second-order valence-electron chi connectivity index (χ2n) is 5.74. The van der Waals surface area contributed by atoms with E-state index in [1.54, 1.807) is 0 Å². The molecule has 1 N–H and O–H groups in total. The maximum absolute atomic E-state index is 5.98. The van der Waals surface area contributed by atoms with E-state index in [2.05, 4.69) is 65.4 Å². The number of halogens is 1. The largest absolute Gasteiger partial charge is 0.488 e. The van der Waals surface area contributed by atoms with E-state index in [9.17, 15) is 0 Å². The monoisotopic (exact) mass is 345 g/mol. The van der Waals surface area contributed by atoms with Gasteiger partial charge in [-0.05, 0) is 43.2 Å². The van der Waals surface area contributed by atoms with Crippen LogP contribution in [-0.4, -0.2) is 12.6 Å². The van der Waals surface area contributed by atoms with Gasteiger partial charge in [-0.3, -0.25) is 0 Å². The van der Waals surface area contributed by atoms with Gasteiger partial charge in [0, 0.05) is 23.5 Å². The SMILES string of the molecule is Cc1ccc(C(C)NCC2Cc3cc(Br)ccc3O2)cc1. The van der Waals surface area contributed by atoms with Crippen LogP contribution < -0.4 is 10.1 Å². The first-order chi connectivity index (χ1) is 10.1. The Bertz CT molecular complexity index is 624. The molecule has 1 heterocycles. The van der Waals surface area contributed by atoms with Crippen molar-refractivity contribution in [1.29, 1.82) is 0 Å². The van der Waals surface area contributed by atoms with Gasteiger partial charge in [0.05, 0.1) is 0 Å². The summed E-state index contributed by atoms with van der Waals surface area (Å²) in [6.07, 6.45) is 1.20. The number of fused-ring (bicyclic) bond motifs is 1. The van der Waals surface area contributed by atoms with Gasteiger partial charge in [-0.2, -0.15) is 0 Å². The van der Waals surface area contributed by atoms with E-state index in [1.807, 2.05) is 12.1 Å². The molecule has 0 amide bonds. The van der Waals surface area contributed by atoms with Gasteiger partial charge in [-0.15, -0.1) is 0 Å². The zero-order valence-electron chi connectivity index (χ0n) is 12.4. The van der Waals surface area contributed by atoms with Crippen LogP contribution in [-0.2, 0) is 6.42 Å². The van der Waals surface area contributed by atoms with Crippen LogP contribution in [0, 0.1) is 6.92 Å². The highest BCUT2D eigenvalue weighted by Crippen LogP contribution is 2.31.